The van der Waals surface area contributed by atoms with Crippen molar-refractivity contribution in [2.75, 3.05) is 13.1 Å². The molecule has 3 aliphatic heterocycles. The molecule has 0 radical (unpaired) electrons. The molecular formula is C28H30F3N3O4. The maximum Gasteiger partial charge on any atom is 0.416 e. The van der Waals surface area contributed by atoms with Crippen LogP contribution in [0.1, 0.15) is 65.2 Å². The Balaban J connectivity index is 1.30. The molecule has 2 aromatic rings. The Labute approximate surface area is 218 Å². The number of likely N-dealkylation sites (tertiary alicyclic amines) is 1. The van der Waals surface area contributed by atoms with Crippen LogP contribution in [-0.4, -0.2) is 51.8 Å². The van der Waals surface area contributed by atoms with Gasteiger partial charge in [0.15, 0.2) is 0 Å². The number of halogens is 3. The smallest absolute Gasteiger partial charge is 0.385 e. The minimum Gasteiger partial charge on any atom is -0.385 e. The Hall–Kier alpha value is -3.24. The van der Waals surface area contributed by atoms with Gasteiger partial charge in [-0.1, -0.05) is 31.2 Å². The van der Waals surface area contributed by atoms with Gasteiger partial charge in [0.1, 0.15) is 6.04 Å². The van der Waals surface area contributed by atoms with E-state index in [0.29, 0.717) is 38.0 Å². The molecule has 3 aliphatic rings. The highest BCUT2D eigenvalue weighted by Crippen LogP contribution is 2.41. The van der Waals surface area contributed by atoms with E-state index in [1.165, 1.54) is 17.0 Å². The van der Waals surface area contributed by atoms with Crippen LogP contribution in [0.25, 0.3) is 0 Å². The molecule has 202 valence electrons. The van der Waals surface area contributed by atoms with Crippen LogP contribution in [0, 0.1) is 5.92 Å². The molecule has 3 heterocycles. The number of alkyl halides is 3. The Morgan fingerprint density at radius 3 is 2.50 bits per heavy atom. The third-order valence-electron chi connectivity index (χ3n) is 8.17. The molecule has 0 bridgehead atoms. The summed E-state index contributed by atoms with van der Waals surface area (Å²) in [5, 5.41) is 14.1. The summed E-state index contributed by atoms with van der Waals surface area (Å²) in [5.74, 6) is -1.18. The van der Waals surface area contributed by atoms with Gasteiger partial charge in [-0.2, -0.15) is 13.2 Å². The second-order valence-electron chi connectivity index (χ2n) is 10.5. The van der Waals surface area contributed by atoms with Crippen LogP contribution >= 0.6 is 0 Å². The quantitative estimate of drug-likeness (QED) is 0.578. The fourth-order valence-electron chi connectivity index (χ4n) is 5.98. The second kappa shape index (κ2) is 9.81. The Morgan fingerprint density at radius 2 is 1.84 bits per heavy atom. The largest absolute Gasteiger partial charge is 0.416 e. The summed E-state index contributed by atoms with van der Waals surface area (Å²) in [7, 11) is 0. The lowest BCUT2D eigenvalue weighted by Gasteiger charge is -2.45. The van der Waals surface area contributed by atoms with E-state index in [4.69, 9.17) is 0 Å². The molecule has 10 heteroatoms. The van der Waals surface area contributed by atoms with Gasteiger partial charge in [0.05, 0.1) is 11.2 Å². The normalized spacial score (nSPS) is 26.4. The molecule has 3 unspecified atom stereocenters. The fourth-order valence-corrected chi connectivity index (χ4v) is 5.98. The van der Waals surface area contributed by atoms with Gasteiger partial charge in [-0.05, 0) is 54.2 Å². The fraction of sp³-hybridized carbons (Fsp3) is 0.464. The first-order valence-corrected chi connectivity index (χ1v) is 12.9. The summed E-state index contributed by atoms with van der Waals surface area (Å²) in [5.41, 5.74) is 0.943. The van der Waals surface area contributed by atoms with E-state index in [9.17, 15) is 32.7 Å². The van der Waals surface area contributed by atoms with Crippen molar-refractivity contribution in [1.29, 1.82) is 0 Å². The van der Waals surface area contributed by atoms with Crippen molar-refractivity contribution in [2.24, 2.45) is 5.92 Å². The minimum absolute atomic E-state index is 0.118. The number of amides is 3. The first-order valence-electron chi connectivity index (χ1n) is 12.9. The van der Waals surface area contributed by atoms with Crippen molar-refractivity contribution in [3.05, 3.63) is 70.3 Å². The van der Waals surface area contributed by atoms with Crippen LogP contribution in [0.5, 0.6) is 0 Å². The van der Waals surface area contributed by atoms with Gasteiger partial charge in [0.25, 0.3) is 5.91 Å². The highest BCUT2D eigenvalue weighted by molar-refractivity contribution is 6.05. The van der Waals surface area contributed by atoms with Gasteiger partial charge in [0, 0.05) is 44.1 Å². The lowest BCUT2D eigenvalue weighted by molar-refractivity contribution is -0.138. The van der Waals surface area contributed by atoms with Crippen molar-refractivity contribution in [3.8, 4) is 0 Å². The molecule has 3 amide bonds. The Morgan fingerprint density at radius 1 is 1.11 bits per heavy atom. The average Bonchev–Trinajstić information content (AvgIpc) is 3.20. The van der Waals surface area contributed by atoms with Crippen LogP contribution in [0.3, 0.4) is 0 Å². The molecule has 2 N–H and O–H groups in total. The van der Waals surface area contributed by atoms with E-state index in [0.717, 1.165) is 28.8 Å². The van der Waals surface area contributed by atoms with Crippen molar-refractivity contribution in [1.82, 2.24) is 15.1 Å². The number of benzene rings is 2. The van der Waals surface area contributed by atoms with Gasteiger partial charge < -0.3 is 10.0 Å². The first-order chi connectivity index (χ1) is 18.0. The predicted molar refractivity (Wildman–Crippen MR) is 132 cm³/mol. The summed E-state index contributed by atoms with van der Waals surface area (Å²) in [6.07, 6.45) is -2.77. The average molecular weight is 530 g/mol. The number of nitrogens with zero attached hydrogens (tertiary/aromatic N) is 2. The highest BCUT2D eigenvalue weighted by atomic mass is 19.4. The van der Waals surface area contributed by atoms with Crippen LogP contribution in [0.4, 0.5) is 13.2 Å². The zero-order chi connectivity index (χ0) is 27.2. The first kappa shape index (κ1) is 26.4. The summed E-state index contributed by atoms with van der Waals surface area (Å²) in [4.78, 5) is 40.5. The number of aliphatic hydroxyl groups is 1. The van der Waals surface area contributed by atoms with Crippen molar-refractivity contribution < 1.29 is 32.7 Å². The van der Waals surface area contributed by atoms with Crippen LogP contribution in [-0.2, 0) is 34.5 Å². The number of nitrogens with one attached hydrogen (secondary N) is 1. The second-order valence-corrected chi connectivity index (χ2v) is 10.5. The lowest BCUT2D eigenvalue weighted by atomic mass is 9.74. The minimum atomic E-state index is -4.37. The zero-order valence-electron chi connectivity index (χ0n) is 21.1. The molecule has 2 saturated heterocycles. The Kier molecular flexibility index (Phi) is 6.81. The third kappa shape index (κ3) is 4.82. The third-order valence-corrected chi connectivity index (χ3v) is 8.17. The lowest BCUT2D eigenvalue weighted by Crippen LogP contribution is -2.52. The van der Waals surface area contributed by atoms with E-state index < -0.39 is 29.3 Å². The molecule has 0 aliphatic carbocycles. The van der Waals surface area contributed by atoms with E-state index in [1.54, 1.807) is 12.1 Å². The van der Waals surface area contributed by atoms with Gasteiger partial charge in [0.2, 0.25) is 11.8 Å². The van der Waals surface area contributed by atoms with Gasteiger partial charge >= 0.3 is 6.18 Å². The summed E-state index contributed by atoms with van der Waals surface area (Å²) >= 11 is 0. The zero-order valence-corrected chi connectivity index (χ0v) is 21.1. The molecular weight excluding hydrogens is 499 g/mol. The molecule has 38 heavy (non-hydrogen) atoms. The molecule has 0 spiro atoms. The monoisotopic (exact) mass is 529 g/mol. The van der Waals surface area contributed by atoms with E-state index in [2.05, 4.69) is 10.2 Å². The van der Waals surface area contributed by atoms with Gasteiger partial charge in [-0.15, -0.1) is 0 Å². The van der Waals surface area contributed by atoms with Crippen LogP contribution in [0.15, 0.2) is 42.5 Å². The summed E-state index contributed by atoms with van der Waals surface area (Å²) in [6.45, 7) is 3.86. The van der Waals surface area contributed by atoms with Crippen LogP contribution < -0.4 is 5.32 Å². The number of hydrogen-bond acceptors (Lipinski definition) is 5. The highest BCUT2D eigenvalue weighted by Gasteiger charge is 2.44. The predicted octanol–water partition coefficient (Wildman–Crippen LogP) is 3.59. The molecule has 7 nitrogen and oxygen atoms in total. The summed E-state index contributed by atoms with van der Waals surface area (Å²) < 4.78 is 38.7. The topological polar surface area (TPSA) is 89.9 Å². The number of hydrogen-bond donors (Lipinski definition) is 2. The summed E-state index contributed by atoms with van der Waals surface area (Å²) in [6, 6.07) is 9.82. The van der Waals surface area contributed by atoms with Gasteiger partial charge in [-0.25, -0.2) is 0 Å². The maximum atomic E-state index is 13.0. The number of carbonyl (C=O) groups is 3. The molecule has 5 rings (SSSR count). The number of imide groups is 1. The number of fused-ring (bicyclic) bond motifs is 1. The SMILES string of the molecule is CCC1CN(Cc2ccc(C(F)(F)F)cc2)CCC1(O)c1ccc2c(c1)CN(C1CCC(=O)NC1=O)C2=O. The van der Waals surface area contributed by atoms with E-state index >= 15 is 0 Å². The van der Waals surface area contributed by atoms with E-state index in [1.807, 2.05) is 13.0 Å². The molecule has 3 atom stereocenters. The van der Waals surface area contributed by atoms with Crippen LogP contribution in [0.2, 0.25) is 0 Å². The number of carbonyl (C=O) groups excluding carboxylic acids is 3. The van der Waals surface area contributed by atoms with Crippen molar-refractivity contribution in [2.45, 2.75) is 63.5 Å². The number of piperidine rings is 2. The molecule has 2 fully saturated rings. The number of rotatable bonds is 5. The van der Waals surface area contributed by atoms with Crippen molar-refractivity contribution in [3.63, 3.8) is 0 Å². The maximum absolute atomic E-state index is 13.0. The molecule has 2 aromatic carbocycles. The molecule has 0 aromatic heterocycles. The van der Waals surface area contributed by atoms with E-state index in [-0.39, 0.29) is 37.1 Å². The van der Waals surface area contributed by atoms with Gasteiger partial charge in [-0.3, -0.25) is 24.6 Å². The molecule has 0 saturated carbocycles. The standard InChI is InChI=1S/C28H30F3N3O4/c1-2-19-16-33(14-17-3-5-20(6-4-17)28(29,30)31)12-11-27(19,38)21-7-8-22-18(13-21)15-34(26(22)37)23-9-10-24(35)32-25(23)36/h3-8,13,19,23,38H,2,9-12,14-16H2,1H3,(H,32,35,36). The van der Waals surface area contributed by atoms with Crippen molar-refractivity contribution >= 4 is 17.7 Å². The Bertz CT molecular complexity index is 1260.